The summed E-state index contributed by atoms with van der Waals surface area (Å²) in [5, 5.41) is 0.997. The largest absolute Gasteiger partial charge is 0.457 e. The van der Waals surface area contributed by atoms with E-state index in [1.807, 2.05) is 26.0 Å². The molecule has 4 unspecified atom stereocenters. The van der Waals surface area contributed by atoms with Crippen molar-refractivity contribution in [3.63, 3.8) is 0 Å². The number of carbonyl (C=O) groups excluding carboxylic acids is 2. The van der Waals surface area contributed by atoms with Gasteiger partial charge in [-0.3, -0.25) is 14.3 Å². The van der Waals surface area contributed by atoms with Gasteiger partial charge in [-0.1, -0.05) is 76.7 Å². The minimum absolute atomic E-state index is 0.0184. The molecule has 0 aromatic heterocycles. The lowest BCUT2D eigenvalue weighted by Crippen LogP contribution is -2.65. The van der Waals surface area contributed by atoms with E-state index in [0.29, 0.717) is 10.6 Å². The Balaban J connectivity index is 1.76. The highest BCUT2D eigenvalue weighted by Crippen LogP contribution is 2.55. The highest BCUT2D eigenvalue weighted by molar-refractivity contribution is 7.74. The maximum absolute atomic E-state index is 14.8. The average molecular weight is 582 g/mol. The summed E-state index contributed by atoms with van der Waals surface area (Å²) in [5.74, 6) is -1.53. The fourth-order valence-electron chi connectivity index (χ4n) is 5.93. The Kier molecular flexibility index (Phi) is 9.23. The molecule has 0 aliphatic carbocycles. The number of benzene rings is 2. The molecule has 7 nitrogen and oxygen atoms in total. The minimum atomic E-state index is -3.70. The second kappa shape index (κ2) is 12.3. The third kappa shape index (κ3) is 5.25. The van der Waals surface area contributed by atoms with E-state index in [1.54, 1.807) is 48.5 Å². The molecule has 2 heterocycles. The van der Waals surface area contributed by atoms with Crippen LogP contribution >= 0.6 is 7.37 Å². The highest BCUT2D eigenvalue weighted by Gasteiger charge is 2.62. The van der Waals surface area contributed by atoms with E-state index in [2.05, 4.69) is 27.4 Å². The molecule has 2 aromatic rings. The predicted molar refractivity (Wildman–Crippen MR) is 160 cm³/mol. The summed E-state index contributed by atoms with van der Waals surface area (Å²) in [7, 11) is -5.68. The van der Waals surface area contributed by atoms with E-state index in [-0.39, 0.29) is 36.1 Å². The molecule has 4 rings (SSSR count). The van der Waals surface area contributed by atoms with E-state index in [4.69, 9.17) is 13.7 Å². The lowest BCUT2D eigenvalue weighted by molar-refractivity contribution is -0.163. The molecule has 1 fully saturated rings. The second-order valence-corrected chi connectivity index (χ2v) is 17.5. The van der Waals surface area contributed by atoms with Crippen molar-refractivity contribution in [3.8, 4) is 0 Å². The first-order valence-corrected chi connectivity index (χ1v) is 18.3. The monoisotopic (exact) mass is 581 g/mol. The zero-order valence-corrected chi connectivity index (χ0v) is 25.9. The summed E-state index contributed by atoms with van der Waals surface area (Å²) in [6.45, 7) is 14.0. The third-order valence-electron chi connectivity index (χ3n) is 8.41. The Morgan fingerprint density at radius 1 is 1.02 bits per heavy atom. The zero-order chi connectivity index (χ0) is 29.1. The number of amides is 1. The van der Waals surface area contributed by atoms with Gasteiger partial charge in [0.25, 0.3) is 0 Å². The van der Waals surface area contributed by atoms with Crippen molar-refractivity contribution in [1.29, 1.82) is 0 Å². The molecule has 2 aromatic carbocycles. The van der Waals surface area contributed by atoms with Gasteiger partial charge in [0.15, 0.2) is 14.0 Å². The smallest absolute Gasteiger partial charge is 0.358 e. The summed E-state index contributed by atoms with van der Waals surface area (Å²) in [6, 6.07) is 20.5. The summed E-state index contributed by atoms with van der Waals surface area (Å²) in [5.41, 5.74) is 0.0184. The summed E-state index contributed by atoms with van der Waals surface area (Å²) in [4.78, 5) is 28.6. The molecule has 0 saturated carbocycles. The van der Waals surface area contributed by atoms with E-state index < -0.39 is 33.5 Å². The van der Waals surface area contributed by atoms with Crippen LogP contribution in [0.1, 0.15) is 34.6 Å². The number of nitrogens with zero attached hydrogens (tertiary/aromatic N) is 1. The van der Waals surface area contributed by atoms with Gasteiger partial charge in [-0.25, -0.2) is 4.79 Å². The fraction of sp³-hybridized carbons (Fsp3) is 0.419. The van der Waals surface area contributed by atoms with Gasteiger partial charge in [0.2, 0.25) is 5.91 Å². The molecule has 9 heteroatoms. The molecule has 214 valence electrons. The molecule has 0 N–H and O–H groups in total. The Hall–Kier alpha value is -2.93. The number of carbonyl (C=O) groups is 2. The topological polar surface area (TPSA) is 82.1 Å². The summed E-state index contributed by atoms with van der Waals surface area (Å²) < 4.78 is 33.4. The van der Waals surface area contributed by atoms with Crippen LogP contribution in [-0.4, -0.2) is 43.8 Å². The minimum Gasteiger partial charge on any atom is -0.457 e. The Morgan fingerprint density at radius 2 is 1.55 bits per heavy atom. The van der Waals surface area contributed by atoms with Crippen LogP contribution in [0.3, 0.4) is 0 Å². The molecular formula is C31H40NO6PSi. The van der Waals surface area contributed by atoms with Crippen molar-refractivity contribution in [2.45, 2.75) is 64.9 Å². The van der Waals surface area contributed by atoms with E-state index in [0.717, 1.165) is 18.1 Å². The quantitative estimate of drug-likeness (QED) is 0.0984. The van der Waals surface area contributed by atoms with Crippen LogP contribution < -0.4 is 10.6 Å². The molecular weight excluding hydrogens is 541 g/mol. The first-order valence-electron chi connectivity index (χ1n) is 14.1. The van der Waals surface area contributed by atoms with E-state index >= 15 is 0 Å². The highest BCUT2D eigenvalue weighted by atomic mass is 31.2. The van der Waals surface area contributed by atoms with Crippen LogP contribution in [0, 0.1) is 11.8 Å². The van der Waals surface area contributed by atoms with Gasteiger partial charge in [0.1, 0.15) is 12.4 Å². The van der Waals surface area contributed by atoms with E-state index in [1.165, 1.54) is 11.0 Å². The van der Waals surface area contributed by atoms with Gasteiger partial charge < -0.3 is 13.7 Å². The number of hydrogen-bond donors (Lipinski definition) is 0. The number of β-lactam (4-membered cyclic amide) rings is 1. The predicted octanol–water partition coefficient (Wildman–Crippen LogP) is 5.76. The van der Waals surface area contributed by atoms with Crippen LogP contribution in [0.25, 0.3) is 0 Å². The molecule has 1 saturated heterocycles. The Labute approximate surface area is 238 Å². The lowest BCUT2D eigenvalue weighted by Gasteiger charge is -2.49. The molecule has 0 spiro atoms. The number of hydrogen-bond acceptors (Lipinski definition) is 6. The van der Waals surface area contributed by atoms with Crippen LogP contribution in [0.4, 0.5) is 0 Å². The summed E-state index contributed by atoms with van der Waals surface area (Å²) >= 11 is 0. The van der Waals surface area contributed by atoms with Gasteiger partial charge in [-0.05, 0) is 49.3 Å². The molecule has 0 radical (unpaired) electrons. The number of rotatable bonds is 13. The van der Waals surface area contributed by atoms with Crippen molar-refractivity contribution in [2.24, 2.45) is 11.8 Å². The first kappa shape index (κ1) is 30.0. The van der Waals surface area contributed by atoms with Crippen LogP contribution in [-0.2, 0) is 27.8 Å². The first-order chi connectivity index (χ1) is 19.2. The van der Waals surface area contributed by atoms with Crippen LogP contribution in [0.2, 0.25) is 18.1 Å². The molecule has 4 atom stereocenters. The number of ether oxygens (including phenoxy) is 1. The zero-order valence-electron chi connectivity index (χ0n) is 24.0. The molecule has 1 amide bonds. The van der Waals surface area contributed by atoms with Gasteiger partial charge in [0.05, 0.1) is 28.7 Å². The van der Waals surface area contributed by atoms with Gasteiger partial charge >= 0.3 is 13.3 Å². The standard InChI is InChI=1S/C31H40NO6PSi/c1-7-21-36-31(34)28-29(37-39(35,24-17-13-11-14-18-24)25-19-15-12-16-20-25)22(5)27-26(30(33)32(27)28)23(6)38-40(8-2,9-3)10-4/h7,11-20,22-23,26-27H,1,8-10,21H2,2-6H3. The lowest BCUT2D eigenvalue weighted by atomic mass is 9.79. The Bertz CT molecular complexity index is 1260. The van der Waals surface area contributed by atoms with E-state index in [9.17, 15) is 14.2 Å². The maximum atomic E-state index is 14.8. The third-order valence-corrected chi connectivity index (χ3v) is 15.6. The van der Waals surface area contributed by atoms with Crippen molar-refractivity contribution >= 4 is 38.2 Å². The maximum Gasteiger partial charge on any atom is 0.358 e. The van der Waals surface area contributed by atoms with Crippen molar-refractivity contribution < 1.29 is 27.8 Å². The van der Waals surface area contributed by atoms with Crippen LogP contribution in [0.5, 0.6) is 0 Å². The number of fused-ring (bicyclic) bond motifs is 1. The summed E-state index contributed by atoms with van der Waals surface area (Å²) in [6.07, 6.45) is 1.15. The van der Waals surface area contributed by atoms with Crippen molar-refractivity contribution in [2.75, 3.05) is 6.61 Å². The van der Waals surface area contributed by atoms with Crippen LogP contribution in [0.15, 0.2) is 84.8 Å². The van der Waals surface area contributed by atoms with Crippen molar-refractivity contribution in [1.82, 2.24) is 4.90 Å². The fourth-order valence-corrected chi connectivity index (χ4v) is 11.0. The normalized spacial score (nSPS) is 21.5. The van der Waals surface area contributed by atoms with Gasteiger partial charge in [-0.2, -0.15) is 0 Å². The second-order valence-electron chi connectivity index (χ2n) is 10.5. The molecule has 40 heavy (non-hydrogen) atoms. The Morgan fingerprint density at radius 3 is 2.02 bits per heavy atom. The van der Waals surface area contributed by atoms with Gasteiger partial charge in [-0.15, -0.1) is 0 Å². The molecule has 0 bridgehead atoms. The number of esters is 1. The van der Waals surface area contributed by atoms with Crippen molar-refractivity contribution in [3.05, 3.63) is 84.8 Å². The molecule has 2 aliphatic heterocycles. The van der Waals surface area contributed by atoms with Gasteiger partial charge in [0, 0.05) is 5.92 Å². The SMILES string of the molecule is C=CCOC(=O)C1=C(OP(=O)(c2ccccc2)c2ccccc2)C(C)C2C(C(C)O[Si](CC)(CC)CC)C(=O)N12. The molecule has 2 aliphatic rings. The average Bonchev–Trinajstić information content (AvgIpc) is 3.22.